The van der Waals surface area contributed by atoms with Gasteiger partial charge < -0.3 is 5.73 Å². The SMILES string of the molecule is CC(C)N1C(=O)c2ccccc2[C@@H](N)C(=O)N1C. The van der Waals surface area contributed by atoms with E-state index in [4.69, 9.17) is 5.73 Å². The molecule has 1 atom stereocenters. The number of amides is 2. The van der Waals surface area contributed by atoms with E-state index in [9.17, 15) is 9.59 Å². The van der Waals surface area contributed by atoms with Crippen molar-refractivity contribution in [1.29, 1.82) is 0 Å². The summed E-state index contributed by atoms with van der Waals surface area (Å²) in [6.07, 6.45) is 0. The van der Waals surface area contributed by atoms with E-state index in [-0.39, 0.29) is 17.9 Å². The molecule has 2 N–H and O–H groups in total. The molecule has 5 heteroatoms. The summed E-state index contributed by atoms with van der Waals surface area (Å²) >= 11 is 0. The van der Waals surface area contributed by atoms with E-state index in [2.05, 4.69) is 0 Å². The summed E-state index contributed by atoms with van der Waals surface area (Å²) in [4.78, 5) is 24.6. The summed E-state index contributed by atoms with van der Waals surface area (Å²) in [5, 5.41) is 2.76. The fourth-order valence-electron chi connectivity index (χ4n) is 2.24. The minimum atomic E-state index is -0.793. The van der Waals surface area contributed by atoms with Crippen LogP contribution in [-0.4, -0.2) is 34.9 Å². The average molecular weight is 247 g/mol. The summed E-state index contributed by atoms with van der Waals surface area (Å²) in [7, 11) is 1.58. The molecule has 0 fully saturated rings. The highest BCUT2D eigenvalue weighted by Crippen LogP contribution is 2.25. The van der Waals surface area contributed by atoms with Crippen LogP contribution in [0.15, 0.2) is 24.3 Å². The van der Waals surface area contributed by atoms with Crippen molar-refractivity contribution in [2.45, 2.75) is 25.9 Å². The van der Waals surface area contributed by atoms with E-state index in [1.807, 2.05) is 13.8 Å². The third-order valence-electron chi connectivity index (χ3n) is 3.13. The lowest BCUT2D eigenvalue weighted by Crippen LogP contribution is -2.51. The number of rotatable bonds is 1. The Labute approximate surface area is 106 Å². The van der Waals surface area contributed by atoms with Crippen LogP contribution >= 0.6 is 0 Å². The number of hydrazine groups is 1. The highest BCUT2D eigenvalue weighted by atomic mass is 16.2. The first-order valence-electron chi connectivity index (χ1n) is 5.90. The molecule has 0 spiro atoms. The molecule has 0 bridgehead atoms. The van der Waals surface area contributed by atoms with E-state index in [0.717, 1.165) is 0 Å². The maximum Gasteiger partial charge on any atom is 0.273 e. The Hall–Kier alpha value is -1.88. The van der Waals surface area contributed by atoms with E-state index < -0.39 is 6.04 Å². The molecule has 0 aliphatic carbocycles. The molecule has 0 saturated carbocycles. The van der Waals surface area contributed by atoms with Crippen LogP contribution in [0, 0.1) is 0 Å². The molecular weight excluding hydrogens is 230 g/mol. The molecular formula is C13H17N3O2. The van der Waals surface area contributed by atoms with Crippen LogP contribution in [0.3, 0.4) is 0 Å². The Morgan fingerprint density at radius 1 is 1.22 bits per heavy atom. The maximum atomic E-state index is 12.5. The molecule has 1 aromatic rings. The third kappa shape index (κ3) is 1.76. The molecule has 1 aromatic carbocycles. The Morgan fingerprint density at radius 2 is 1.83 bits per heavy atom. The predicted octanol–water partition coefficient (Wildman–Crippen LogP) is 0.924. The van der Waals surface area contributed by atoms with Crippen LogP contribution < -0.4 is 5.73 Å². The summed E-state index contributed by atoms with van der Waals surface area (Å²) in [5.74, 6) is -0.466. The van der Waals surface area contributed by atoms with Crippen LogP contribution in [0.5, 0.6) is 0 Å². The highest BCUT2D eigenvalue weighted by molar-refractivity contribution is 6.01. The van der Waals surface area contributed by atoms with E-state index in [1.165, 1.54) is 10.0 Å². The quantitative estimate of drug-likeness (QED) is 0.802. The Balaban J connectivity index is 2.61. The standard InChI is InChI=1S/C13H17N3O2/c1-8(2)16-12(17)10-7-5-4-6-9(10)11(14)13(18)15(16)3/h4-8,11H,14H2,1-3H3/t11-/m1/s1. The van der Waals surface area contributed by atoms with Gasteiger partial charge in [0, 0.05) is 18.7 Å². The molecule has 0 saturated heterocycles. The Bertz CT molecular complexity index is 499. The molecule has 5 nitrogen and oxygen atoms in total. The first kappa shape index (κ1) is 12.6. The number of benzene rings is 1. The number of fused-ring (bicyclic) bond motifs is 1. The Morgan fingerprint density at radius 3 is 2.44 bits per heavy atom. The first-order chi connectivity index (χ1) is 8.45. The van der Waals surface area contributed by atoms with Gasteiger partial charge in [-0.25, -0.2) is 5.01 Å². The number of carbonyl (C=O) groups excluding carboxylic acids is 2. The Kier molecular flexibility index (Phi) is 3.09. The van der Waals surface area contributed by atoms with Gasteiger partial charge in [-0.3, -0.25) is 14.6 Å². The largest absolute Gasteiger partial charge is 0.316 e. The monoisotopic (exact) mass is 247 g/mol. The number of carbonyl (C=O) groups is 2. The van der Waals surface area contributed by atoms with Crippen molar-refractivity contribution in [3.8, 4) is 0 Å². The zero-order valence-corrected chi connectivity index (χ0v) is 10.8. The molecule has 2 rings (SSSR count). The second-order valence-corrected chi connectivity index (χ2v) is 4.67. The molecule has 1 aliphatic heterocycles. The summed E-state index contributed by atoms with van der Waals surface area (Å²) in [6, 6.07) is 6.10. The highest BCUT2D eigenvalue weighted by Gasteiger charge is 2.36. The van der Waals surface area contributed by atoms with Gasteiger partial charge in [0.25, 0.3) is 11.8 Å². The molecule has 0 radical (unpaired) electrons. The first-order valence-corrected chi connectivity index (χ1v) is 5.90. The van der Waals surface area contributed by atoms with Gasteiger partial charge in [0.05, 0.1) is 0 Å². The van der Waals surface area contributed by atoms with E-state index >= 15 is 0 Å². The lowest BCUT2D eigenvalue weighted by molar-refractivity contribution is -0.145. The van der Waals surface area contributed by atoms with Crippen LogP contribution in [0.4, 0.5) is 0 Å². The number of nitrogens with zero attached hydrogens (tertiary/aromatic N) is 2. The van der Waals surface area contributed by atoms with Gasteiger partial charge in [0.1, 0.15) is 6.04 Å². The average Bonchev–Trinajstić information content (AvgIpc) is 2.41. The summed E-state index contributed by atoms with van der Waals surface area (Å²) < 4.78 is 0. The fraction of sp³-hybridized carbons (Fsp3) is 0.385. The van der Waals surface area contributed by atoms with E-state index in [1.54, 1.807) is 31.3 Å². The zero-order valence-electron chi connectivity index (χ0n) is 10.8. The molecule has 0 aromatic heterocycles. The number of hydrogen-bond acceptors (Lipinski definition) is 3. The maximum absolute atomic E-state index is 12.5. The molecule has 0 unspecified atom stereocenters. The van der Waals surface area contributed by atoms with E-state index in [0.29, 0.717) is 11.1 Å². The van der Waals surface area contributed by atoms with Crippen LogP contribution in [0.25, 0.3) is 0 Å². The van der Waals surface area contributed by atoms with Crippen molar-refractivity contribution >= 4 is 11.8 Å². The fourth-order valence-corrected chi connectivity index (χ4v) is 2.24. The molecule has 96 valence electrons. The minimum absolute atomic E-state index is 0.107. The van der Waals surface area contributed by atoms with Crippen LogP contribution in [-0.2, 0) is 4.79 Å². The van der Waals surface area contributed by atoms with Crippen LogP contribution in [0.2, 0.25) is 0 Å². The van der Waals surface area contributed by atoms with Gasteiger partial charge in [-0.1, -0.05) is 18.2 Å². The van der Waals surface area contributed by atoms with Gasteiger partial charge >= 0.3 is 0 Å². The van der Waals surface area contributed by atoms with Crippen LogP contribution in [0.1, 0.15) is 35.8 Å². The molecule has 1 heterocycles. The number of nitrogens with two attached hydrogens (primary N) is 1. The number of likely N-dealkylation sites (N-methyl/N-ethyl adjacent to an activating group) is 1. The zero-order chi connectivity index (χ0) is 13.4. The second kappa shape index (κ2) is 4.42. The number of hydrogen-bond donors (Lipinski definition) is 1. The van der Waals surface area contributed by atoms with Crippen molar-refractivity contribution in [1.82, 2.24) is 10.0 Å². The lowest BCUT2D eigenvalue weighted by Gasteiger charge is -2.33. The van der Waals surface area contributed by atoms with Crippen molar-refractivity contribution in [2.24, 2.45) is 5.73 Å². The van der Waals surface area contributed by atoms with Gasteiger partial charge in [-0.15, -0.1) is 0 Å². The smallest absolute Gasteiger partial charge is 0.273 e. The lowest BCUT2D eigenvalue weighted by atomic mass is 10.0. The van der Waals surface area contributed by atoms with Crippen molar-refractivity contribution in [3.63, 3.8) is 0 Å². The third-order valence-corrected chi connectivity index (χ3v) is 3.13. The summed E-state index contributed by atoms with van der Waals surface area (Å²) in [5.41, 5.74) is 7.02. The van der Waals surface area contributed by atoms with Gasteiger partial charge in [0.2, 0.25) is 0 Å². The second-order valence-electron chi connectivity index (χ2n) is 4.67. The molecule has 2 amide bonds. The van der Waals surface area contributed by atoms with Crippen molar-refractivity contribution < 1.29 is 9.59 Å². The minimum Gasteiger partial charge on any atom is -0.316 e. The predicted molar refractivity (Wildman–Crippen MR) is 67.4 cm³/mol. The van der Waals surface area contributed by atoms with Crippen molar-refractivity contribution in [3.05, 3.63) is 35.4 Å². The molecule has 18 heavy (non-hydrogen) atoms. The normalized spacial score (nSPS) is 20.2. The summed E-state index contributed by atoms with van der Waals surface area (Å²) in [6.45, 7) is 3.72. The van der Waals surface area contributed by atoms with Gasteiger partial charge in [-0.05, 0) is 25.5 Å². The van der Waals surface area contributed by atoms with Gasteiger partial charge in [-0.2, -0.15) is 0 Å². The molecule has 1 aliphatic rings. The van der Waals surface area contributed by atoms with Gasteiger partial charge in [0.15, 0.2) is 0 Å². The topological polar surface area (TPSA) is 66.6 Å². The van der Waals surface area contributed by atoms with Crippen molar-refractivity contribution in [2.75, 3.05) is 7.05 Å².